The third kappa shape index (κ3) is 4.96. The van der Waals surface area contributed by atoms with Gasteiger partial charge in [0.2, 0.25) is 5.91 Å². The fourth-order valence-corrected chi connectivity index (χ4v) is 3.20. The van der Waals surface area contributed by atoms with Crippen molar-refractivity contribution in [2.75, 3.05) is 0 Å². The highest BCUT2D eigenvalue weighted by Gasteiger charge is 2.28. The van der Waals surface area contributed by atoms with E-state index in [1.54, 1.807) is 0 Å². The lowest BCUT2D eigenvalue weighted by Gasteiger charge is -2.24. The second-order valence-electron chi connectivity index (χ2n) is 6.23. The van der Waals surface area contributed by atoms with Crippen molar-refractivity contribution in [1.82, 2.24) is 5.32 Å². The van der Waals surface area contributed by atoms with Crippen LogP contribution in [0.2, 0.25) is 0 Å². The Hall–Kier alpha value is -0.860. The first kappa shape index (κ1) is 14.5. The maximum atomic E-state index is 11.6. The van der Waals surface area contributed by atoms with Gasteiger partial charge in [-0.25, -0.2) is 0 Å². The van der Waals surface area contributed by atoms with Crippen molar-refractivity contribution in [3.63, 3.8) is 0 Å². The van der Waals surface area contributed by atoms with Crippen molar-refractivity contribution >= 4 is 11.7 Å². The average molecular weight is 265 g/mol. The van der Waals surface area contributed by atoms with Gasteiger partial charge in [0.05, 0.1) is 6.04 Å². The molecule has 0 aromatic heterocycles. The molecule has 0 aliphatic heterocycles. The molecule has 19 heavy (non-hydrogen) atoms. The lowest BCUT2D eigenvalue weighted by atomic mass is 9.85. The maximum absolute atomic E-state index is 11.6. The van der Waals surface area contributed by atoms with Crippen LogP contribution in [0.1, 0.15) is 77.0 Å². The Morgan fingerprint density at radius 1 is 1.05 bits per heavy atom. The van der Waals surface area contributed by atoms with Gasteiger partial charge in [0.25, 0.3) is 0 Å². The molecule has 2 saturated carbocycles. The van der Waals surface area contributed by atoms with E-state index in [1.807, 2.05) is 0 Å². The summed E-state index contributed by atoms with van der Waals surface area (Å²) in [5.41, 5.74) is 0. The van der Waals surface area contributed by atoms with Gasteiger partial charge < -0.3 is 5.32 Å². The van der Waals surface area contributed by atoms with Gasteiger partial charge in [0, 0.05) is 12.8 Å². The van der Waals surface area contributed by atoms with Crippen LogP contribution in [0.3, 0.4) is 0 Å². The Morgan fingerprint density at radius 2 is 1.84 bits per heavy atom. The van der Waals surface area contributed by atoms with Gasteiger partial charge in [-0.3, -0.25) is 9.59 Å². The van der Waals surface area contributed by atoms with Gasteiger partial charge in [0.1, 0.15) is 0 Å². The number of carbonyl (C=O) groups is 2. The van der Waals surface area contributed by atoms with Crippen LogP contribution in [0, 0.1) is 5.92 Å². The van der Waals surface area contributed by atoms with E-state index < -0.39 is 0 Å². The highest BCUT2D eigenvalue weighted by molar-refractivity contribution is 5.93. The van der Waals surface area contributed by atoms with Crippen LogP contribution >= 0.6 is 0 Å². The van der Waals surface area contributed by atoms with Crippen LogP contribution in [-0.2, 0) is 9.59 Å². The predicted molar refractivity (Wildman–Crippen MR) is 75.8 cm³/mol. The Bertz CT molecular complexity index is 308. The van der Waals surface area contributed by atoms with Crippen molar-refractivity contribution in [3.8, 4) is 0 Å². The number of hydrogen-bond donors (Lipinski definition) is 1. The number of unbranched alkanes of at least 4 members (excludes halogenated alkanes) is 2. The van der Waals surface area contributed by atoms with Gasteiger partial charge in [-0.15, -0.1) is 0 Å². The summed E-state index contributed by atoms with van der Waals surface area (Å²) in [5.74, 6) is 1.22. The highest BCUT2D eigenvalue weighted by Crippen LogP contribution is 2.28. The first-order chi connectivity index (χ1) is 9.25. The molecule has 1 atom stereocenters. The zero-order chi connectivity index (χ0) is 13.5. The predicted octanol–water partition coefficient (Wildman–Crippen LogP) is 3.36. The molecule has 0 aromatic carbocycles. The molecule has 0 bridgehead atoms. The van der Waals surface area contributed by atoms with Crippen molar-refractivity contribution in [1.29, 1.82) is 0 Å². The first-order valence-corrected chi connectivity index (χ1v) is 8.08. The van der Waals surface area contributed by atoms with E-state index in [0.717, 1.165) is 25.2 Å². The number of rotatable bonds is 7. The summed E-state index contributed by atoms with van der Waals surface area (Å²) in [7, 11) is 0. The molecule has 2 aliphatic carbocycles. The fourth-order valence-electron chi connectivity index (χ4n) is 3.20. The van der Waals surface area contributed by atoms with Crippen molar-refractivity contribution in [2.24, 2.45) is 5.92 Å². The van der Waals surface area contributed by atoms with E-state index in [1.165, 1.54) is 44.9 Å². The lowest BCUT2D eigenvalue weighted by Crippen LogP contribution is -2.47. The van der Waals surface area contributed by atoms with Crippen molar-refractivity contribution in [3.05, 3.63) is 0 Å². The third-order valence-electron chi connectivity index (χ3n) is 4.64. The topological polar surface area (TPSA) is 46.2 Å². The number of carbonyl (C=O) groups excluding carboxylic acids is 2. The molecular weight excluding hydrogens is 238 g/mol. The van der Waals surface area contributed by atoms with Crippen LogP contribution in [0.4, 0.5) is 0 Å². The first-order valence-electron chi connectivity index (χ1n) is 8.08. The molecule has 2 rings (SSSR count). The van der Waals surface area contributed by atoms with Crippen molar-refractivity contribution < 1.29 is 9.59 Å². The number of Topliss-reactive ketones (excluding diaryl/α,β-unsaturated/α-hetero) is 1. The van der Waals surface area contributed by atoms with Gasteiger partial charge in [-0.2, -0.15) is 0 Å². The molecule has 1 N–H and O–H groups in total. The third-order valence-corrected chi connectivity index (χ3v) is 4.64. The number of hydrogen-bond acceptors (Lipinski definition) is 2. The molecule has 2 fully saturated rings. The van der Waals surface area contributed by atoms with Crippen LogP contribution in [0.25, 0.3) is 0 Å². The summed E-state index contributed by atoms with van der Waals surface area (Å²) in [6, 6.07) is -0.158. The largest absolute Gasteiger partial charge is 0.346 e. The minimum atomic E-state index is -0.158. The van der Waals surface area contributed by atoms with Crippen LogP contribution in [-0.4, -0.2) is 17.7 Å². The number of nitrogens with one attached hydrogen (secondary N) is 1. The molecule has 1 amide bonds. The molecule has 0 heterocycles. The summed E-state index contributed by atoms with van der Waals surface area (Å²) in [4.78, 5) is 22.7. The minimum Gasteiger partial charge on any atom is -0.346 e. The Balaban J connectivity index is 1.44. The normalized spacial score (nSPS) is 24.0. The van der Waals surface area contributed by atoms with E-state index in [0.29, 0.717) is 12.8 Å². The quantitative estimate of drug-likeness (QED) is 0.717. The molecule has 0 spiro atoms. The second kappa shape index (κ2) is 7.66. The lowest BCUT2D eigenvalue weighted by molar-refractivity contribution is -0.132. The molecule has 108 valence electrons. The smallest absolute Gasteiger partial charge is 0.220 e. The average Bonchev–Trinajstić information content (AvgIpc) is 2.44. The van der Waals surface area contributed by atoms with Crippen molar-refractivity contribution in [2.45, 2.75) is 83.1 Å². The molecular formula is C16H27NO2. The number of amides is 1. The van der Waals surface area contributed by atoms with E-state index in [9.17, 15) is 9.59 Å². The molecule has 0 unspecified atom stereocenters. The molecule has 2 aliphatic rings. The van der Waals surface area contributed by atoms with E-state index in [4.69, 9.17) is 0 Å². The summed E-state index contributed by atoms with van der Waals surface area (Å²) in [6.07, 6.45) is 13.9. The van der Waals surface area contributed by atoms with Crippen LogP contribution in [0.5, 0.6) is 0 Å². The number of ketones is 1. The maximum Gasteiger partial charge on any atom is 0.220 e. The molecule has 0 aromatic rings. The van der Waals surface area contributed by atoms with Gasteiger partial charge >= 0.3 is 0 Å². The fraction of sp³-hybridized carbons (Fsp3) is 0.875. The zero-order valence-electron chi connectivity index (χ0n) is 12.0. The molecule has 0 saturated heterocycles. The van der Waals surface area contributed by atoms with Gasteiger partial charge in [-0.05, 0) is 18.8 Å². The highest BCUT2D eigenvalue weighted by atomic mass is 16.2. The summed E-state index contributed by atoms with van der Waals surface area (Å²) >= 11 is 0. The summed E-state index contributed by atoms with van der Waals surface area (Å²) in [5, 5.41) is 2.82. The zero-order valence-corrected chi connectivity index (χ0v) is 12.0. The molecule has 3 nitrogen and oxygen atoms in total. The van der Waals surface area contributed by atoms with Crippen LogP contribution in [0.15, 0.2) is 0 Å². The SMILES string of the molecule is O=C(CCCCCC1CCCCC1)N[C@H]1CCC1=O. The Labute approximate surface area is 116 Å². The van der Waals surface area contributed by atoms with E-state index >= 15 is 0 Å². The molecule has 0 radical (unpaired) electrons. The second-order valence-corrected chi connectivity index (χ2v) is 6.23. The van der Waals surface area contributed by atoms with Crippen LogP contribution < -0.4 is 5.32 Å². The minimum absolute atomic E-state index is 0.0655. The Kier molecular flexibility index (Phi) is 5.87. The monoisotopic (exact) mass is 265 g/mol. The van der Waals surface area contributed by atoms with E-state index in [-0.39, 0.29) is 17.7 Å². The summed E-state index contributed by atoms with van der Waals surface area (Å²) < 4.78 is 0. The van der Waals surface area contributed by atoms with Gasteiger partial charge in [-0.1, -0.05) is 51.4 Å². The Morgan fingerprint density at radius 3 is 2.47 bits per heavy atom. The summed E-state index contributed by atoms with van der Waals surface area (Å²) in [6.45, 7) is 0. The van der Waals surface area contributed by atoms with Gasteiger partial charge in [0.15, 0.2) is 5.78 Å². The standard InChI is InChI=1S/C16H27NO2/c18-15-12-11-14(15)17-16(19)10-6-2-5-9-13-7-3-1-4-8-13/h13-14H,1-12H2,(H,17,19)/t14-/m0/s1. The molecule has 3 heteroatoms. The van der Waals surface area contributed by atoms with E-state index in [2.05, 4.69) is 5.32 Å².